The van der Waals surface area contributed by atoms with Crippen molar-refractivity contribution in [3.63, 3.8) is 0 Å². The molecule has 8 heteroatoms. The molecular formula is C19H27N5O2S. The van der Waals surface area contributed by atoms with Crippen molar-refractivity contribution in [3.8, 4) is 0 Å². The summed E-state index contributed by atoms with van der Waals surface area (Å²) in [4.78, 5) is 29.1. The number of H-pyrrole nitrogens is 1. The molecule has 1 aromatic heterocycles. The molecule has 1 aliphatic heterocycles. The van der Waals surface area contributed by atoms with Crippen LogP contribution in [0.3, 0.4) is 0 Å². The number of piperazine rings is 1. The van der Waals surface area contributed by atoms with Crippen LogP contribution < -0.4 is 5.69 Å². The molecule has 0 saturated carbocycles. The van der Waals surface area contributed by atoms with Crippen molar-refractivity contribution >= 4 is 17.7 Å². The van der Waals surface area contributed by atoms with Crippen LogP contribution in [0.2, 0.25) is 0 Å². The van der Waals surface area contributed by atoms with Gasteiger partial charge in [-0.2, -0.15) is 0 Å². The van der Waals surface area contributed by atoms with Gasteiger partial charge in [-0.15, -0.1) is 5.10 Å². The van der Waals surface area contributed by atoms with Crippen molar-refractivity contribution in [2.45, 2.75) is 37.2 Å². The molecule has 1 amide bonds. The lowest BCUT2D eigenvalue weighted by atomic mass is 10.1. The first-order valence-electron chi connectivity index (χ1n) is 9.45. The van der Waals surface area contributed by atoms with Gasteiger partial charge in [0.15, 0.2) is 5.16 Å². The van der Waals surface area contributed by atoms with Gasteiger partial charge in [0.1, 0.15) is 0 Å². The van der Waals surface area contributed by atoms with E-state index >= 15 is 0 Å². The summed E-state index contributed by atoms with van der Waals surface area (Å²) in [6.45, 7) is 8.96. The van der Waals surface area contributed by atoms with E-state index in [4.69, 9.17) is 0 Å². The van der Waals surface area contributed by atoms with Crippen molar-refractivity contribution in [1.29, 1.82) is 0 Å². The normalized spacial score (nSPS) is 16.4. The van der Waals surface area contributed by atoms with E-state index in [1.165, 1.54) is 17.3 Å². The number of nitrogens with zero attached hydrogens (tertiary/aromatic N) is 4. The predicted molar refractivity (Wildman–Crippen MR) is 107 cm³/mol. The molecule has 1 atom stereocenters. The maximum atomic E-state index is 12.8. The molecule has 1 aliphatic rings. The average molecular weight is 390 g/mol. The minimum Gasteiger partial charge on any atom is -0.339 e. The van der Waals surface area contributed by atoms with Crippen molar-refractivity contribution in [1.82, 2.24) is 24.6 Å². The highest BCUT2D eigenvalue weighted by Crippen LogP contribution is 2.22. The minimum absolute atomic E-state index is 0.112. The lowest BCUT2D eigenvalue weighted by Gasteiger charge is -2.35. The van der Waals surface area contributed by atoms with Gasteiger partial charge in [-0.1, -0.05) is 49.0 Å². The molecule has 2 aromatic rings. The second-order valence-corrected chi connectivity index (χ2v) is 8.03. The fraction of sp³-hybridized carbons (Fsp3) is 0.526. The zero-order valence-corrected chi connectivity index (χ0v) is 16.7. The van der Waals surface area contributed by atoms with E-state index in [-0.39, 0.29) is 16.8 Å². The molecule has 0 radical (unpaired) electrons. The zero-order chi connectivity index (χ0) is 19.2. The molecule has 1 fully saturated rings. The highest BCUT2D eigenvalue weighted by atomic mass is 32.2. The van der Waals surface area contributed by atoms with Crippen LogP contribution in [0, 0.1) is 0 Å². The van der Waals surface area contributed by atoms with Crippen LogP contribution in [0.5, 0.6) is 0 Å². The Morgan fingerprint density at radius 2 is 1.93 bits per heavy atom. The van der Waals surface area contributed by atoms with E-state index in [0.29, 0.717) is 11.7 Å². The van der Waals surface area contributed by atoms with E-state index in [0.717, 1.165) is 39.1 Å². The van der Waals surface area contributed by atoms with Gasteiger partial charge >= 0.3 is 5.69 Å². The standard InChI is InChI=1S/C19H27N5O2S/c1-3-22-11-13-23(14-12-22)17(25)15(2)27-19-21-20-18(26)24(19)10-9-16-7-5-4-6-8-16/h4-8,15H,3,9-14H2,1-2H3,(H,20,26). The quantitative estimate of drug-likeness (QED) is 0.726. The smallest absolute Gasteiger partial charge is 0.339 e. The molecule has 0 aliphatic carbocycles. The second-order valence-electron chi connectivity index (χ2n) is 6.72. The third-order valence-electron chi connectivity index (χ3n) is 4.95. The van der Waals surface area contributed by atoms with Crippen molar-refractivity contribution in [2.24, 2.45) is 0 Å². The Balaban J connectivity index is 1.60. The number of carbonyl (C=O) groups excluding carboxylic acids is 1. The van der Waals surface area contributed by atoms with Gasteiger partial charge in [0, 0.05) is 32.7 Å². The van der Waals surface area contributed by atoms with Crippen molar-refractivity contribution in [2.75, 3.05) is 32.7 Å². The van der Waals surface area contributed by atoms with Crippen LogP contribution in [0.15, 0.2) is 40.3 Å². The number of carbonyl (C=O) groups is 1. The van der Waals surface area contributed by atoms with Gasteiger partial charge in [-0.05, 0) is 25.5 Å². The van der Waals surface area contributed by atoms with Gasteiger partial charge in [0.05, 0.1) is 5.25 Å². The molecular weight excluding hydrogens is 362 g/mol. The number of rotatable bonds is 7. The molecule has 1 N–H and O–H groups in total. The van der Waals surface area contributed by atoms with Gasteiger partial charge in [0.25, 0.3) is 0 Å². The van der Waals surface area contributed by atoms with Gasteiger partial charge in [-0.25, -0.2) is 9.89 Å². The van der Waals surface area contributed by atoms with Crippen LogP contribution >= 0.6 is 11.8 Å². The molecule has 1 saturated heterocycles. The lowest BCUT2D eigenvalue weighted by Crippen LogP contribution is -2.50. The number of aromatic nitrogens is 3. The molecule has 1 unspecified atom stereocenters. The molecule has 7 nitrogen and oxygen atoms in total. The van der Waals surface area contributed by atoms with Crippen molar-refractivity contribution < 1.29 is 4.79 Å². The Kier molecular flexibility index (Phi) is 6.73. The van der Waals surface area contributed by atoms with Gasteiger partial charge in [-0.3, -0.25) is 9.36 Å². The molecule has 0 spiro atoms. The molecule has 1 aromatic carbocycles. The van der Waals surface area contributed by atoms with Crippen molar-refractivity contribution in [3.05, 3.63) is 46.4 Å². The first-order chi connectivity index (χ1) is 13.1. The fourth-order valence-electron chi connectivity index (χ4n) is 3.23. The minimum atomic E-state index is -0.274. The van der Waals surface area contributed by atoms with E-state index < -0.39 is 0 Å². The Labute approximate surface area is 163 Å². The summed E-state index contributed by atoms with van der Waals surface area (Å²) in [6, 6.07) is 10.0. The third-order valence-corrected chi connectivity index (χ3v) is 6.03. The van der Waals surface area contributed by atoms with E-state index in [9.17, 15) is 9.59 Å². The van der Waals surface area contributed by atoms with E-state index in [1.54, 1.807) is 4.57 Å². The summed E-state index contributed by atoms with van der Waals surface area (Å²) in [6.07, 6.45) is 0.745. The third kappa shape index (κ3) is 5.01. The summed E-state index contributed by atoms with van der Waals surface area (Å²) >= 11 is 1.35. The van der Waals surface area contributed by atoms with E-state index in [1.807, 2.05) is 42.2 Å². The first-order valence-corrected chi connectivity index (χ1v) is 10.3. The highest BCUT2D eigenvalue weighted by molar-refractivity contribution is 8.00. The van der Waals surface area contributed by atoms with Crippen LogP contribution in [0.4, 0.5) is 0 Å². The number of aromatic amines is 1. The topological polar surface area (TPSA) is 74.2 Å². The predicted octanol–water partition coefficient (Wildman–Crippen LogP) is 1.46. The molecule has 3 rings (SSSR count). The monoisotopic (exact) mass is 389 g/mol. The maximum Gasteiger partial charge on any atom is 0.343 e. The van der Waals surface area contributed by atoms with Crippen LogP contribution in [-0.2, 0) is 17.8 Å². The van der Waals surface area contributed by atoms with Crippen LogP contribution in [0.1, 0.15) is 19.4 Å². The molecule has 146 valence electrons. The van der Waals surface area contributed by atoms with Gasteiger partial charge < -0.3 is 9.80 Å². The number of benzene rings is 1. The Bertz CT molecular complexity index is 796. The van der Waals surface area contributed by atoms with E-state index in [2.05, 4.69) is 22.0 Å². The summed E-state index contributed by atoms with van der Waals surface area (Å²) in [5, 5.41) is 6.94. The number of hydrogen-bond donors (Lipinski definition) is 1. The Morgan fingerprint density at radius 3 is 2.59 bits per heavy atom. The summed E-state index contributed by atoms with van der Waals surface area (Å²) < 4.78 is 1.62. The number of likely N-dealkylation sites (N-methyl/N-ethyl adjacent to an activating group) is 1. The number of hydrogen-bond acceptors (Lipinski definition) is 5. The SMILES string of the molecule is CCN1CCN(C(=O)C(C)Sc2n[nH]c(=O)n2CCc2ccccc2)CC1. The lowest BCUT2D eigenvalue weighted by molar-refractivity contribution is -0.132. The van der Waals surface area contributed by atoms with Gasteiger partial charge in [0.2, 0.25) is 5.91 Å². The fourth-order valence-corrected chi connectivity index (χ4v) is 4.19. The number of nitrogens with one attached hydrogen (secondary N) is 1. The van der Waals surface area contributed by atoms with Crippen LogP contribution in [-0.4, -0.2) is 68.4 Å². The molecule has 0 bridgehead atoms. The Hall–Kier alpha value is -2.06. The average Bonchev–Trinajstić information content (AvgIpc) is 3.05. The molecule has 2 heterocycles. The maximum absolute atomic E-state index is 12.8. The Morgan fingerprint density at radius 1 is 1.22 bits per heavy atom. The van der Waals surface area contributed by atoms with Crippen LogP contribution in [0.25, 0.3) is 0 Å². The highest BCUT2D eigenvalue weighted by Gasteiger charge is 2.26. The number of thioether (sulfide) groups is 1. The zero-order valence-electron chi connectivity index (χ0n) is 15.9. The molecule has 27 heavy (non-hydrogen) atoms. The summed E-state index contributed by atoms with van der Waals surface area (Å²) in [7, 11) is 0. The largest absolute Gasteiger partial charge is 0.343 e. The number of amides is 1. The summed E-state index contributed by atoms with van der Waals surface area (Å²) in [5.41, 5.74) is 0.934. The number of aryl methyl sites for hydroxylation is 1. The second kappa shape index (κ2) is 9.23. The first kappa shape index (κ1) is 19.7. The summed E-state index contributed by atoms with van der Waals surface area (Å²) in [5.74, 6) is 0.112.